The summed E-state index contributed by atoms with van der Waals surface area (Å²) in [6.45, 7) is 4.88. The lowest BCUT2D eigenvalue weighted by Crippen LogP contribution is -2.36. The fraction of sp³-hybridized carbons (Fsp3) is 0.533. The lowest BCUT2D eigenvalue weighted by Gasteiger charge is -2.16. The van der Waals surface area contributed by atoms with Gasteiger partial charge in [0.1, 0.15) is 0 Å². The second-order valence-corrected chi connectivity index (χ2v) is 5.96. The molecule has 2 N–H and O–H groups in total. The summed E-state index contributed by atoms with van der Waals surface area (Å²) >= 11 is 1.48. The van der Waals surface area contributed by atoms with Gasteiger partial charge in [0.15, 0.2) is 0 Å². The number of amides is 1. The zero-order valence-corrected chi connectivity index (χ0v) is 14.1. The first-order valence-electron chi connectivity index (χ1n) is 7.23. The lowest BCUT2D eigenvalue weighted by atomic mass is 10.0. The first kappa shape index (κ1) is 19.0. The fourth-order valence-corrected chi connectivity index (χ4v) is 2.76. The molecule has 0 spiro atoms. The number of esters is 1. The summed E-state index contributed by atoms with van der Waals surface area (Å²) < 4.78 is 9.62. The molecule has 0 fully saturated rings. The largest absolute Gasteiger partial charge is 0.481 e. The molecule has 1 rings (SSSR count). The number of nitrogens with one attached hydrogen (secondary N) is 1. The molecular weight excluding hydrogens is 322 g/mol. The summed E-state index contributed by atoms with van der Waals surface area (Å²) in [6, 6.07) is 1.92. The highest BCUT2D eigenvalue weighted by Gasteiger charge is 2.21. The molecule has 0 saturated carbocycles. The van der Waals surface area contributed by atoms with Crippen LogP contribution in [0, 0.1) is 12.8 Å². The van der Waals surface area contributed by atoms with Crippen molar-refractivity contribution < 1.29 is 29.0 Å². The molecule has 0 unspecified atom stereocenters. The summed E-state index contributed by atoms with van der Waals surface area (Å²) in [5, 5.41) is 13.5. The van der Waals surface area contributed by atoms with Crippen molar-refractivity contribution in [2.24, 2.45) is 5.92 Å². The first-order chi connectivity index (χ1) is 10.8. The molecule has 7 nitrogen and oxygen atoms in total. The maximum atomic E-state index is 11.6. The zero-order valence-electron chi connectivity index (χ0n) is 13.3. The quantitative estimate of drug-likeness (QED) is 0.555. The molecular formula is C15H21NO6S. The number of carboxylic acids is 1. The third-order valence-electron chi connectivity index (χ3n) is 3.10. The van der Waals surface area contributed by atoms with E-state index in [0.717, 1.165) is 10.4 Å². The van der Waals surface area contributed by atoms with Crippen molar-refractivity contribution in [1.29, 1.82) is 0 Å². The molecule has 0 aromatic carbocycles. The maximum Gasteiger partial charge on any atom is 0.410 e. The highest BCUT2D eigenvalue weighted by molar-refractivity contribution is 7.10. The topological polar surface area (TPSA) is 102 Å². The van der Waals surface area contributed by atoms with Crippen molar-refractivity contribution in [1.82, 2.24) is 5.32 Å². The van der Waals surface area contributed by atoms with Crippen LogP contribution >= 0.6 is 11.3 Å². The number of ether oxygens (including phenoxy) is 2. The van der Waals surface area contributed by atoms with E-state index in [1.807, 2.05) is 18.4 Å². The van der Waals surface area contributed by atoms with Crippen molar-refractivity contribution in [2.75, 3.05) is 6.54 Å². The van der Waals surface area contributed by atoms with Crippen molar-refractivity contribution in [3.63, 3.8) is 0 Å². The summed E-state index contributed by atoms with van der Waals surface area (Å²) in [7, 11) is 0. The second kappa shape index (κ2) is 9.14. The Morgan fingerprint density at radius 2 is 2.04 bits per heavy atom. The summed E-state index contributed by atoms with van der Waals surface area (Å²) in [5.41, 5.74) is 1.03. The average Bonchev–Trinajstić information content (AvgIpc) is 2.87. The van der Waals surface area contributed by atoms with Gasteiger partial charge in [-0.25, -0.2) is 4.79 Å². The number of alkyl carbamates (subject to hydrolysis) is 1. The van der Waals surface area contributed by atoms with Gasteiger partial charge in [0.25, 0.3) is 0 Å². The van der Waals surface area contributed by atoms with E-state index in [2.05, 4.69) is 5.32 Å². The summed E-state index contributed by atoms with van der Waals surface area (Å²) in [6.07, 6.45) is -1.34. The monoisotopic (exact) mass is 343 g/mol. The molecule has 8 heteroatoms. The Balaban J connectivity index is 2.46. The van der Waals surface area contributed by atoms with Gasteiger partial charge in [-0.15, -0.1) is 11.3 Å². The molecule has 23 heavy (non-hydrogen) atoms. The van der Waals surface area contributed by atoms with Gasteiger partial charge in [0, 0.05) is 24.8 Å². The van der Waals surface area contributed by atoms with E-state index in [1.54, 1.807) is 6.92 Å². The molecule has 0 aliphatic carbocycles. The highest BCUT2D eigenvalue weighted by atomic mass is 32.1. The minimum Gasteiger partial charge on any atom is -0.481 e. The van der Waals surface area contributed by atoms with E-state index < -0.39 is 30.2 Å². The van der Waals surface area contributed by atoms with Crippen molar-refractivity contribution >= 4 is 29.4 Å². The van der Waals surface area contributed by atoms with Crippen LogP contribution in [-0.4, -0.2) is 36.0 Å². The Labute approximate surface area is 138 Å². The van der Waals surface area contributed by atoms with Gasteiger partial charge in [0.05, 0.1) is 5.92 Å². The van der Waals surface area contributed by atoms with Crippen LogP contribution in [0.2, 0.25) is 0 Å². The average molecular weight is 343 g/mol. The molecule has 0 saturated heterocycles. The van der Waals surface area contributed by atoms with Gasteiger partial charge in [-0.2, -0.15) is 0 Å². The number of thiophene rings is 1. The third-order valence-corrected chi connectivity index (χ3v) is 4.15. The molecule has 0 bridgehead atoms. The lowest BCUT2D eigenvalue weighted by molar-refractivity contribution is -0.164. The molecule has 2 atom stereocenters. The summed E-state index contributed by atoms with van der Waals surface area (Å²) in [5.74, 6) is -2.24. The van der Waals surface area contributed by atoms with E-state index in [4.69, 9.17) is 9.47 Å². The number of aliphatic carboxylic acids is 1. The van der Waals surface area contributed by atoms with Crippen LogP contribution < -0.4 is 5.32 Å². The van der Waals surface area contributed by atoms with Gasteiger partial charge >= 0.3 is 18.0 Å². The maximum absolute atomic E-state index is 11.6. The van der Waals surface area contributed by atoms with E-state index >= 15 is 0 Å². The molecule has 0 radical (unpaired) electrons. The van der Waals surface area contributed by atoms with Crippen LogP contribution in [0.5, 0.6) is 0 Å². The standard InChI is InChI=1S/C15H21NO6S/c1-4-13(17)21-10(3)22-15(20)16-8-11(14(18)19)7-12-9(2)5-6-23-12/h5-6,10-11H,4,7-8H2,1-3H3,(H,16,20)(H,18,19)/t10-,11+/m1/s1. The number of carbonyl (C=O) groups is 3. The van der Waals surface area contributed by atoms with Crippen molar-refractivity contribution in [3.05, 3.63) is 21.9 Å². The van der Waals surface area contributed by atoms with Crippen LogP contribution in [0.1, 0.15) is 30.7 Å². The van der Waals surface area contributed by atoms with Crippen LogP contribution in [0.25, 0.3) is 0 Å². The third kappa shape index (κ3) is 6.68. The van der Waals surface area contributed by atoms with E-state index in [-0.39, 0.29) is 13.0 Å². The van der Waals surface area contributed by atoms with E-state index in [9.17, 15) is 19.5 Å². The fourth-order valence-electron chi connectivity index (χ4n) is 1.78. The van der Waals surface area contributed by atoms with Crippen LogP contribution in [0.3, 0.4) is 0 Å². The predicted octanol–water partition coefficient (Wildman–Crippen LogP) is 2.33. The van der Waals surface area contributed by atoms with Crippen LogP contribution in [-0.2, 0) is 25.5 Å². The van der Waals surface area contributed by atoms with Crippen LogP contribution in [0.15, 0.2) is 11.4 Å². The smallest absolute Gasteiger partial charge is 0.410 e. The number of hydrogen-bond donors (Lipinski definition) is 2. The zero-order chi connectivity index (χ0) is 17.4. The SMILES string of the molecule is CCC(=O)O[C@@H](C)OC(=O)NC[C@H](Cc1sccc1C)C(=O)O. The molecule has 0 aliphatic heterocycles. The van der Waals surface area contributed by atoms with Gasteiger partial charge in [-0.3, -0.25) is 9.59 Å². The molecule has 1 heterocycles. The second-order valence-electron chi connectivity index (χ2n) is 4.96. The van der Waals surface area contributed by atoms with E-state index in [0.29, 0.717) is 6.42 Å². The van der Waals surface area contributed by atoms with Gasteiger partial charge in [-0.1, -0.05) is 6.92 Å². The Kier molecular flexibility index (Phi) is 7.53. The van der Waals surface area contributed by atoms with Gasteiger partial charge in [0.2, 0.25) is 6.29 Å². The van der Waals surface area contributed by atoms with Gasteiger partial charge < -0.3 is 19.9 Å². The Morgan fingerprint density at radius 1 is 1.35 bits per heavy atom. The molecule has 1 amide bonds. The number of carbonyl (C=O) groups excluding carboxylic acids is 2. The Morgan fingerprint density at radius 3 is 2.57 bits per heavy atom. The molecule has 128 valence electrons. The molecule has 0 aliphatic rings. The van der Waals surface area contributed by atoms with Gasteiger partial charge in [-0.05, 0) is 30.4 Å². The highest BCUT2D eigenvalue weighted by Crippen LogP contribution is 2.19. The van der Waals surface area contributed by atoms with Crippen molar-refractivity contribution in [3.8, 4) is 0 Å². The number of rotatable bonds is 8. The number of aryl methyl sites for hydroxylation is 1. The van der Waals surface area contributed by atoms with Crippen LogP contribution in [0.4, 0.5) is 4.79 Å². The molecule has 1 aromatic heterocycles. The minimum absolute atomic E-state index is 0.0695. The normalized spacial score (nSPS) is 13.0. The minimum atomic E-state index is -1.02. The summed E-state index contributed by atoms with van der Waals surface area (Å²) in [4.78, 5) is 34.9. The number of hydrogen-bond acceptors (Lipinski definition) is 6. The van der Waals surface area contributed by atoms with Crippen molar-refractivity contribution in [2.45, 2.75) is 39.9 Å². The van der Waals surface area contributed by atoms with E-state index in [1.165, 1.54) is 18.3 Å². The Hall–Kier alpha value is -2.09. The first-order valence-corrected chi connectivity index (χ1v) is 8.11. The number of carboxylic acid groups (broad SMARTS) is 1. The predicted molar refractivity (Wildman–Crippen MR) is 84.2 cm³/mol. The molecule has 1 aromatic rings. The Bertz CT molecular complexity index is 556.